The zero-order valence-electron chi connectivity index (χ0n) is 58.3. The molecule has 1 aliphatic rings. The number of hydrogen-bond donors (Lipinski definition) is 5. The minimum Gasteiger partial charge on any atom is -0.497 e. The summed E-state index contributed by atoms with van der Waals surface area (Å²) in [5.74, 6) is 4.20. The molecule has 1 fully saturated rings. The van der Waals surface area contributed by atoms with Crippen molar-refractivity contribution in [2.75, 3.05) is 80.7 Å². The molecular weight excluding hydrogens is 1360 g/mol. The Bertz CT molecular complexity index is 5580. The molecule has 0 atom stereocenters. The topological polar surface area (TPSA) is 410 Å². The van der Waals surface area contributed by atoms with Crippen molar-refractivity contribution in [1.82, 2.24) is 104 Å². The summed E-state index contributed by atoms with van der Waals surface area (Å²) < 4.78 is 62.5. The van der Waals surface area contributed by atoms with E-state index < -0.39 is 11.6 Å². The molecule has 0 radical (unpaired) electrons. The van der Waals surface area contributed by atoms with Crippen molar-refractivity contribution in [2.45, 2.75) is 41.7 Å². The second kappa shape index (κ2) is 32.7. The molecule has 12 heterocycles. The molecule has 0 amide bonds. The second-order valence-electron chi connectivity index (χ2n) is 23.5. The molecular formula is C72H81F2N27O5. The van der Waals surface area contributed by atoms with Crippen molar-refractivity contribution < 1.29 is 32.5 Å². The zero-order chi connectivity index (χ0) is 73.5. The van der Waals surface area contributed by atoms with Gasteiger partial charge in [0.05, 0.1) is 67.1 Å². The number of rotatable bonds is 12. The number of morpholine rings is 1. The van der Waals surface area contributed by atoms with Crippen LogP contribution in [0.1, 0.15) is 35.6 Å². The number of aromatic nitrogens is 21. The molecule has 0 unspecified atom stereocenters. The molecule has 548 valence electrons. The van der Waals surface area contributed by atoms with Crippen LogP contribution in [0.25, 0.3) is 111 Å². The average Bonchev–Trinajstić information content (AvgIpc) is 1.66. The predicted octanol–water partition coefficient (Wildman–Crippen LogP) is 10.0. The molecule has 0 bridgehead atoms. The lowest BCUT2D eigenvalue weighted by Crippen LogP contribution is -2.36. The van der Waals surface area contributed by atoms with Gasteiger partial charge in [-0.25, -0.2) is 87.0 Å². The summed E-state index contributed by atoms with van der Waals surface area (Å²) in [6.45, 7) is 9.40. The first kappa shape index (κ1) is 75.3. The van der Waals surface area contributed by atoms with Crippen LogP contribution in [-0.2, 0) is 40.0 Å². The highest BCUT2D eigenvalue weighted by atomic mass is 19.1. The average molecular weight is 1440 g/mol. The van der Waals surface area contributed by atoms with Crippen LogP contribution >= 0.6 is 0 Å². The third kappa shape index (κ3) is 15.8. The third-order valence-corrected chi connectivity index (χ3v) is 16.3. The van der Waals surface area contributed by atoms with Crippen LogP contribution < -0.4 is 52.5 Å². The van der Waals surface area contributed by atoms with E-state index in [1.54, 1.807) is 69.7 Å². The number of hydrogen-bond acceptors (Lipinski definition) is 27. The molecule has 1 saturated heterocycles. The number of nitrogens with two attached hydrogens (primary N) is 5. The molecule has 0 saturated carbocycles. The fourth-order valence-corrected chi connectivity index (χ4v) is 11.6. The lowest BCUT2D eigenvalue weighted by Gasteiger charge is -2.27. The van der Waals surface area contributed by atoms with E-state index >= 15 is 0 Å². The SMILES string of the molecule is C.C.CC(C)Oc1cccc(-c2nn(C)c3ncnc(N)c23)c1.CCOc1ccc(-c2nn(C)c3ncnc(N)c23)cc1F.COc1cc(F)cc(-c2nn(C)c3ncnc(N)c23)c1.COc1cccc(-c2nn(C)c3ncnc(N)c23)c1.Cn1nc(-c2ccc(N3CCOCC3)nc2)c2c(N)ncnc21. The Balaban J connectivity index is 0.000000141. The van der Waals surface area contributed by atoms with Gasteiger partial charge < -0.3 is 57.3 Å². The van der Waals surface area contributed by atoms with E-state index in [2.05, 4.69) is 85.2 Å². The van der Waals surface area contributed by atoms with Crippen LogP contribution in [0.5, 0.6) is 23.0 Å². The van der Waals surface area contributed by atoms with Gasteiger partial charge in [0.25, 0.3) is 0 Å². The van der Waals surface area contributed by atoms with Gasteiger partial charge >= 0.3 is 0 Å². The summed E-state index contributed by atoms with van der Waals surface area (Å²) in [5.41, 5.74) is 40.3. The van der Waals surface area contributed by atoms with Crippen LogP contribution in [0, 0.1) is 11.6 Å². The number of nitrogens with zero attached hydrogens (tertiary/aromatic N) is 22. The molecule has 11 aromatic heterocycles. The zero-order valence-corrected chi connectivity index (χ0v) is 58.3. The van der Waals surface area contributed by atoms with Gasteiger partial charge in [-0.05, 0) is 87.5 Å². The van der Waals surface area contributed by atoms with Crippen LogP contribution in [0.3, 0.4) is 0 Å². The van der Waals surface area contributed by atoms with Crippen molar-refractivity contribution in [1.29, 1.82) is 0 Å². The summed E-state index contributed by atoms with van der Waals surface area (Å²) >= 11 is 0. The minimum absolute atomic E-state index is 0. The Labute approximate surface area is 607 Å². The first-order valence-electron chi connectivity index (χ1n) is 32.4. The van der Waals surface area contributed by atoms with Crippen LogP contribution in [0.15, 0.2) is 135 Å². The first-order valence-corrected chi connectivity index (χ1v) is 32.4. The highest BCUT2D eigenvalue weighted by molar-refractivity contribution is 6.02. The number of nitrogen functional groups attached to an aromatic ring is 5. The standard InChI is InChI=1S/C15H17N7O.C15H17N5O.C14H14FN5O.C13H12FN5O.C13H13N5O.2CH4/c1-21-15-12(14(16)18-9-19-15)13(20-21)10-2-3-11(17-8-10)22-4-6-23-7-5-22;1-9(2)21-11-6-4-5-10(7-11)13-12-14(16)17-8-18-15(12)20(3)19-13;1-3-21-10-5-4-8(6-9(10)15)12-11-13(16)17-7-18-14(11)20(2)19-12;1-19-13-10(12(15)16-6-17-13)11(18-19)7-3-8(14)5-9(4-7)20-2;1-18-13-10(12(14)15-7-16-13)11(17-18)8-4-3-5-9(6-8)19-2;;/h2-3,8-9H,4-7H2,1H3,(H2,16,18,19);4-9H,1-3H3,(H2,16,17,18);4-7H,3H2,1-2H3,(H2,16,17,18);3-6H,1-2H3,(H2,15,16,17);3-7H,1-2H3,(H2,14,15,16);2*1H4. The molecule has 0 spiro atoms. The van der Waals surface area contributed by atoms with Gasteiger partial charge in [0, 0.05) is 88.4 Å². The number of benzene rings is 4. The monoisotopic (exact) mass is 1440 g/mol. The molecule has 106 heavy (non-hydrogen) atoms. The van der Waals surface area contributed by atoms with Gasteiger partial charge in [0.15, 0.2) is 39.8 Å². The number of anilines is 6. The fraction of sp³-hybridized carbons (Fsp3) is 0.250. The van der Waals surface area contributed by atoms with E-state index in [0.29, 0.717) is 103 Å². The van der Waals surface area contributed by atoms with E-state index in [1.807, 2.05) is 102 Å². The van der Waals surface area contributed by atoms with E-state index in [1.165, 1.54) is 56.9 Å². The largest absolute Gasteiger partial charge is 0.497 e. The van der Waals surface area contributed by atoms with Crippen molar-refractivity contribution in [3.05, 3.63) is 147 Å². The van der Waals surface area contributed by atoms with Crippen LogP contribution in [-0.4, -0.2) is 157 Å². The summed E-state index contributed by atoms with van der Waals surface area (Å²) in [5, 5.41) is 25.7. The van der Waals surface area contributed by atoms with Crippen molar-refractivity contribution in [2.24, 2.45) is 35.2 Å². The molecule has 32 nitrogen and oxygen atoms in total. The Morgan fingerprint density at radius 1 is 0.434 bits per heavy atom. The number of pyridine rings is 1. The number of halogens is 2. The Morgan fingerprint density at radius 3 is 1.20 bits per heavy atom. The van der Waals surface area contributed by atoms with Crippen molar-refractivity contribution >= 4 is 90.1 Å². The molecule has 4 aromatic carbocycles. The Morgan fingerprint density at radius 2 is 0.811 bits per heavy atom. The van der Waals surface area contributed by atoms with Gasteiger partial charge in [0.1, 0.15) is 118 Å². The maximum absolute atomic E-state index is 14.0. The maximum Gasteiger partial charge on any atom is 0.165 e. The van der Waals surface area contributed by atoms with E-state index in [4.69, 9.17) is 52.4 Å². The first-order chi connectivity index (χ1) is 50.2. The van der Waals surface area contributed by atoms with Gasteiger partial charge in [-0.2, -0.15) is 25.5 Å². The fourth-order valence-electron chi connectivity index (χ4n) is 11.6. The Kier molecular flexibility index (Phi) is 23.2. The molecule has 15 aromatic rings. The molecule has 16 rings (SSSR count). The van der Waals surface area contributed by atoms with Gasteiger partial charge in [-0.15, -0.1) is 0 Å². The van der Waals surface area contributed by atoms with Crippen LogP contribution in [0.4, 0.5) is 43.7 Å². The molecule has 34 heteroatoms. The van der Waals surface area contributed by atoms with Crippen LogP contribution in [0.2, 0.25) is 0 Å². The normalized spacial score (nSPS) is 11.7. The summed E-state index contributed by atoms with van der Waals surface area (Å²) in [6, 6.07) is 28.5. The van der Waals surface area contributed by atoms with Gasteiger partial charge in [-0.1, -0.05) is 39.1 Å². The maximum atomic E-state index is 14.0. The highest BCUT2D eigenvalue weighted by Gasteiger charge is 2.23. The second-order valence-corrected chi connectivity index (χ2v) is 23.5. The number of aryl methyl sites for hydroxylation is 5. The van der Waals surface area contributed by atoms with E-state index in [-0.39, 0.29) is 26.7 Å². The van der Waals surface area contributed by atoms with Crippen molar-refractivity contribution in [3.63, 3.8) is 0 Å². The van der Waals surface area contributed by atoms with Gasteiger partial charge in [0.2, 0.25) is 0 Å². The lowest BCUT2D eigenvalue weighted by molar-refractivity contribution is 0.122. The number of fused-ring (bicyclic) bond motifs is 5. The van der Waals surface area contributed by atoms with Gasteiger partial charge in [-0.3, -0.25) is 0 Å². The summed E-state index contributed by atoms with van der Waals surface area (Å²) in [6.07, 6.45) is 9.02. The highest BCUT2D eigenvalue weighted by Crippen LogP contribution is 2.37. The van der Waals surface area contributed by atoms with E-state index in [0.717, 1.165) is 93.6 Å². The van der Waals surface area contributed by atoms with Crippen molar-refractivity contribution in [3.8, 4) is 79.3 Å². The molecule has 1 aliphatic heterocycles. The summed E-state index contributed by atoms with van der Waals surface area (Å²) in [7, 11) is 12.1. The minimum atomic E-state index is -0.441. The molecule has 0 aliphatic carbocycles. The Hall–Kier alpha value is -13.4. The third-order valence-electron chi connectivity index (χ3n) is 16.3. The summed E-state index contributed by atoms with van der Waals surface area (Å²) in [4.78, 5) is 47.8. The smallest absolute Gasteiger partial charge is 0.165 e. The number of ether oxygens (including phenoxy) is 5. The molecule has 10 N–H and O–H groups in total. The quantitative estimate of drug-likeness (QED) is 0.0759. The van der Waals surface area contributed by atoms with E-state index in [9.17, 15) is 8.78 Å². The number of methoxy groups -OCH3 is 2. The lowest BCUT2D eigenvalue weighted by atomic mass is 10.1. The predicted molar refractivity (Wildman–Crippen MR) is 405 cm³/mol.